The van der Waals surface area contributed by atoms with Crippen molar-refractivity contribution < 1.29 is 28.7 Å². The van der Waals surface area contributed by atoms with Gasteiger partial charge in [0.2, 0.25) is 11.7 Å². The molecule has 0 saturated carbocycles. The fourth-order valence-electron chi connectivity index (χ4n) is 2.29. The van der Waals surface area contributed by atoms with Crippen LogP contribution in [0.4, 0.5) is 10.5 Å². The Bertz CT molecular complexity index is 722. The van der Waals surface area contributed by atoms with Gasteiger partial charge in [-0.05, 0) is 58.4 Å². The number of Topliss-reactive ketones (excluding diaryl/α,β-unsaturated/α-hetero) is 1. The fourth-order valence-corrected chi connectivity index (χ4v) is 2.29. The molecule has 1 atom stereocenters. The second kappa shape index (κ2) is 11.2. The van der Waals surface area contributed by atoms with Crippen LogP contribution in [-0.2, 0) is 19.1 Å². The summed E-state index contributed by atoms with van der Waals surface area (Å²) >= 11 is 0. The van der Waals surface area contributed by atoms with Crippen LogP contribution in [-0.4, -0.2) is 42.0 Å². The lowest BCUT2D eigenvalue weighted by molar-refractivity contribution is -0.146. The predicted octanol–water partition coefficient (Wildman–Crippen LogP) is 3.45. The maximum atomic E-state index is 12.4. The van der Waals surface area contributed by atoms with Crippen LogP contribution < -0.4 is 10.6 Å². The number of ketones is 1. The molecule has 0 radical (unpaired) electrons. The van der Waals surface area contributed by atoms with Crippen molar-refractivity contribution in [2.45, 2.75) is 65.6 Å². The molecule has 160 valence electrons. The van der Waals surface area contributed by atoms with E-state index in [0.29, 0.717) is 17.7 Å². The molecule has 0 aliphatic carbocycles. The molecule has 8 heteroatoms. The average Bonchev–Trinajstić information content (AvgIpc) is 2.60. The summed E-state index contributed by atoms with van der Waals surface area (Å²) in [4.78, 5) is 47.4. The first-order valence-corrected chi connectivity index (χ1v) is 9.62. The van der Waals surface area contributed by atoms with E-state index in [1.165, 1.54) is 6.92 Å². The first-order valence-electron chi connectivity index (χ1n) is 9.62. The van der Waals surface area contributed by atoms with Gasteiger partial charge in [-0.3, -0.25) is 14.4 Å². The molecule has 0 spiro atoms. The molecule has 1 rings (SSSR count). The smallest absolute Gasteiger partial charge is 0.407 e. The maximum absolute atomic E-state index is 12.4. The average molecular weight is 406 g/mol. The van der Waals surface area contributed by atoms with Crippen molar-refractivity contribution in [2.75, 3.05) is 11.9 Å². The number of hydrogen-bond acceptors (Lipinski definition) is 6. The van der Waals surface area contributed by atoms with Gasteiger partial charge in [-0.25, -0.2) is 4.79 Å². The van der Waals surface area contributed by atoms with Crippen molar-refractivity contribution in [1.29, 1.82) is 0 Å². The molecule has 0 bridgehead atoms. The van der Waals surface area contributed by atoms with E-state index in [-0.39, 0.29) is 24.7 Å². The highest BCUT2D eigenvalue weighted by atomic mass is 16.6. The molecule has 0 fully saturated rings. The van der Waals surface area contributed by atoms with Crippen LogP contribution in [0.25, 0.3) is 0 Å². The number of anilines is 1. The summed E-state index contributed by atoms with van der Waals surface area (Å²) in [6.45, 7) is 8.65. The minimum Gasteiger partial charge on any atom is -0.454 e. The van der Waals surface area contributed by atoms with Gasteiger partial charge in [0.05, 0.1) is 6.42 Å². The number of amides is 2. The Hall–Kier alpha value is -2.90. The summed E-state index contributed by atoms with van der Waals surface area (Å²) < 4.78 is 10.2. The highest BCUT2D eigenvalue weighted by Gasteiger charge is 2.20. The quantitative estimate of drug-likeness (QED) is 0.480. The number of nitrogens with one attached hydrogen (secondary N) is 2. The summed E-state index contributed by atoms with van der Waals surface area (Å²) in [5, 5.41) is 5.19. The van der Waals surface area contributed by atoms with Crippen LogP contribution in [0.1, 0.15) is 64.2 Å². The van der Waals surface area contributed by atoms with E-state index < -0.39 is 23.8 Å². The van der Waals surface area contributed by atoms with E-state index >= 15 is 0 Å². The van der Waals surface area contributed by atoms with E-state index in [1.807, 2.05) is 6.92 Å². The molecular formula is C21H30N2O6. The summed E-state index contributed by atoms with van der Waals surface area (Å²) in [6.07, 6.45) is -0.501. The van der Waals surface area contributed by atoms with Crippen molar-refractivity contribution in [1.82, 2.24) is 5.32 Å². The fraction of sp³-hybridized carbons (Fsp3) is 0.524. The molecule has 0 unspecified atom stereocenters. The molecule has 2 amide bonds. The Morgan fingerprint density at radius 1 is 1.03 bits per heavy atom. The van der Waals surface area contributed by atoms with E-state index in [1.54, 1.807) is 45.0 Å². The molecule has 29 heavy (non-hydrogen) atoms. The van der Waals surface area contributed by atoms with Crippen LogP contribution >= 0.6 is 0 Å². The number of rotatable bonds is 9. The number of alkyl carbamates (subject to hydrolysis) is 1. The van der Waals surface area contributed by atoms with E-state index in [9.17, 15) is 19.2 Å². The maximum Gasteiger partial charge on any atom is 0.407 e. The second-order valence-electron chi connectivity index (χ2n) is 7.55. The standard InChI is InChI=1S/C21H30N2O6/c1-6-7-17(24)23-16-10-8-15(9-11-16)19(26)14(2)28-18(25)12-13-22-20(27)29-21(3,4)5/h8-11,14H,6-7,12-13H2,1-5H3,(H,22,27)(H,23,24)/t14-/m1/s1. The zero-order valence-electron chi connectivity index (χ0n) is 17.7. The minimum absolute atomic E-state index is 0.0425. The van der Waals surface area contributed by atoms with E-state index in [0.717, 1.165) is 6.42 Å². The number of carbonyl (C=O) groups excluding carboxylic acids is 4. The van der Waals surface area contributed by atoms with Gasteiger partial charge in [-0.15, -0.1) is 0 Å². The normalized spacial score (nSPS) is 11.9. The second-order valence-corrected chi connectivity index (χ2v) is 7.55. The first kappa shape index (κ1) is 24.1. The molecule has 0 aliphatic rings. The third-order valence-electron chi connectivity index (χ3n) is 3.61. The third-order valence-corrected chi connectivity index (χ3v) is 3.61. The van der Waals surface area contributed by atoms with Crippen molar-refractivity contribution in [3.63, 3.8) is 0 Å². The van der Waals surface area contributed by atoms with Gasteiger partial charge < -0.3 is 20.1 Å². The number of benzene rings is 1. The Balaban J connectivity index is 2.45. The van der Waals surface area contributed by atoms with Crippen LogP contribution in [0.5, 0.6) is 0 Å². The molecular weight excluding hydrogens is 376 g/mol. The number of hydrogen-bond donors (Lipinski definition) is 2. The molecule has 8 nitrogen and oxygen atoms in total. The van der Waals surface area contributed by atoms with Crippen molar-refractivity contribution in [3.8, 4) is 0 Å². The zero-order chi connectivity index (χ0) is 22.0. The van der Waals surface area contributed by atoms with Crippen LogP contribution in [0, 0.1) is 0 Å². The minimum atomic E-state index is -0.968. The summed E-state index contributed by atoms with van der Waals surface area (Å²) in [6, 6.07) is 6.39. The predicted molar refractivity (Wildman–Crippen MR) is 109 cm³/mol. The monoisotopic (exact) mass is 406 g/mol. The number of ether oxygens (including phenoxy) is 2. The Morgan fingerprint density at radius 3 is 2.21 bits per heavy atom. The van der Waals surface area contributed by atoms with Gasteiger partial charge in [0.15, 0.2) is 6.10 Å². The van der Waals surface area contributed by atoms with Crippen molar-refractivity contribution in [2.24, 2.45) is 0 Å². The lowest BCUT2D eigenvalue weighted by atomic mass is 10.1. The Morgan fingerprint density at radius 2 is 1.66 bits per heavy atom. The first-order chi connectivity index (χ1) is 13.5. The molecule has 0 saturated heterocycles. The van der Waals surface area contributed by atoms with Crippen LogP contribution in [0.3, 0.4) is 0 Å². The van der Waals surface area contributed by atoms with Crippen molar-refractivity contribution in [3.05, 3.63) is 29.8 Å². The number of carbonyl (C=O) groups is 4. The van der Waals surface area contributed by atoms with Gasteiger partial charge in [-0.1, -0.05) is 6.92 Å². The van der Waals surface area contributed by atoms with Crippen LogP contribution in [0.2, 0.25) is 0 Å². The Labute approximate surface area is 171 Å². The van der Waals surface area contributed by atoms with E-state index in [4.69, 9.17) is 9.47 Å². The zero-order valence-corrected chi connectivity index (χ0v) is 17.7. The molecule has 2 N–H and O–H groups in total. The molecule has 0 heterocycles. The lowest BCUT2D eigenvalue weighted by Crippen LogP contribution is -2.34. The largest absolute Gasteiger partial charge is 0.454 e. The molecule has 0 aliphatic heterocycles. The molecule has 1 aromatic rings. The topological polar surface area (TPSA) is 111 Å². The van der Waals surface area contributed by atoms with Gasteiger partial charge in [-0.2, -0.15) is 0 Å². The number of esters is 1. The molecule has 0 aromatic heterocycles. The van der Waals surface area contributed by atoms with Gasteiger partial charge in [0.1, 0.15) is 5.60 Å². The third kappa shape index (κ3) is 9.73. The summed E-state index contributed by atoms with van der Waals surface area (Å²) in [7, 11) is 0. The van der Waals surface area contributed by atoms with Crippen molar-refractivity contribution >= 4 is 29.4 Å². The van der Waals surface area contributed by atoms with Crippen LogP contribution in [0.15, 0.2) is 24.3 Å². The Kier molecular flexibility index (Phi) is 9.31. The van der Waals surface area contributed by atoms with Gasteiger partial charge in [0, 0.05) is 24.2 Å². The molecule has 1 aromatic carbocycles. The highest BCUT2D eigenvalue weighted by molar-refractivity contribution is 6.00. The highest BCUT2D eigenvalue weighted by Crippen LogP contribution is 2.13. The SMILES string of the molecule is CCCC(=O)Nc1ccc(C(=O)[C@@H](C)OC(=O)CCNC(=O)OC(C)(C)C)cc1. The van der Waals surface area contributed by atoms with Gasteiger partial charge in [0.25, 0.3) is 0 Å². The van der Waals surface area contributed by atoms with E-state index in [2.05, 4.69) is 10.6 Å². The summed E-state index contributed by atoms with van der Waals surface area (Å²) in [5.74, 6) is -1.05. The van der Waals surface area contributed by atoms with Gasteiger partial charge >= 0.3 is 12.1 Å². The summed E-state index contributed by atoms with van der Waals surface area (Å²) in [5.41, 5.74) is 0.336. The lowest BCUT2D eigenvalue weighted by Gasteiger charge is -2.19.